The average Bonchev–Trinajstić information content (AvgIpc) is 2.17. The molecule has 1 amide bonds. The molecule has 74 valence electrons. The quantitative estimate of drug-likeness (QED) is 0.632. The van der Waals surface area contributed by atoms with E-state index in [1.165, 1.54) is 5.57 Å². The van der Waals surface area contributed by atoms with Crippen molar-refractivity contribution in [1.82, 2.24) is 10.6 Å². The van der Waals surface area contributed by atoms with Crippen LogP contribution in [0.5, 0.6) is 0 Å². The largest absolute Gasteiger partial charge is 0.352 e. The summed E-state index contributed by atoms with van der Waals surface area (Å²) in [6.07, 6.45) is 4.79. The fourth-order valence-electron chi connectivity index (χ4n) is 1.36. The Kier molecular flexibility index (Phi) is 4.54. The Morgan fingerprint density at radius 1 is 1.69 bits per heavy atom. The van der Waals surface area contributed by atoms with Crippen molar-refractivity contribution in [3.8, 4) is 0 Å². The van der Waals surface area contributed by atoms with E-state index in [0.717, 1.165) is 32.5 Å². The van der Waals surface area contributed by atoms with Crippen molar-refractivity contribution in [2.75, 3.05) is 19.6 Å². The molecule has 3 nitrogen and oxygen atoms in total. The fraction of sp³-hybridized carbons (Fsp3) is 0.700. The molecule has 0 aromatic carbocycles. The highest BCUT2D eigenvalue weighted by atomic mass is 16.1. The van der Waals surface area contributed by atoms with E-state index in [1.807, 2.05) is 6.92 Å². The molecule has 3 heteroatoms. The molecule has 0 aromatic heterocycles. The van der Waals surface area contributed by atoms with Gasteiger partial charge in [0.25, 0.3) is 0 Å². The standard InChI is InChI=1S/C10H18N2O/c1-2-3-10(13)12-8-9-4-6-11-7-5-9/h4,11H,2-3,5-8H2,1H3,(H,12,13). The maximum atomic E-state index is 11.1. The van der Waals surface area contributed by atoms with Crippen molar-refractivity contribution in [1.29, 1.82) is 0 Å². The van der Waals surface area contributed by atoms with Crippen molar-refractivity contribution in [2.24, 2.45) is 0 Å². The molecule has 1 heterocycles. The maximum Gasteiger partial charge on any atom is 0.220 e. The van der Waals surface area contributed by atoms with E-state index < -0.39 is 0 Å². The molecule has 1 aliphatic rings. The predicted octanol–water partition coefficient (Wildman–Crippen LogP) is 0.822. The van der Waals surface area contributed by atoms with Gasteiger partial charge in [-0.3, -0.25) is 4.79 Å². The highest BCUT2D eigenvalue weighted by Crippen LogP contribution is 2.02. The minimum absolute atomic E-state index is 0.168. The van der Waals surface area contributed by atoms with E-state index in [-0.39, 0.29) is 5.91 Å². The summed E-state index contributed by atoms with van der Waals surface area (Å²) in [5.74, 6) is 0.168. The van der Waals surface area contributed by atoms with Gasteiger partial charge in [0, 0.05) is 19.5 Å². The lowest BCUT2D eigenvalue weighted by Crippen LogP contribution is -2.29. The van der Waals surface area contributed by atoms with Gasteiger partial charge in [-0.1, -0.05) is 18.6 Å². The van der Waals surface area contributed by atoms with Crippen LogP contribution in [0.2, 0.25) is 0 Å². The van der Waals surface area contributed by atoms with Crippen LogP contribution in [0.25, 0.3) is 0 Å². The summed E-state index contributed by atoms with van der Waals surface area (Å²) in [7, 11) is 0. The maximum absolute atomic E-state index is 11.1. The number of carbonyl (C=O) groups is 1. The lowest BCUT2D eigenvalue weighted by molar-refractivity contribution is -0.120. The summed E-state index contributed by atoms with van der Waals surface area (Å²) in [6, 6.07) is 0. The fourth-order valence-corrected chi connectivity index (χ4v) is 1.36. The Labute approximate surface area is 79.6 Å². The lowest BCUT2D eigenvalue weighted by atomic mass is 10.1. The van der Waals surface area contributed by atoms with Gasteiger partial charge in [0.2, 0.25) is 5.91 Å². The number of hydrogen-bond donors (Lipinski definition) is 2. The van der Waals surface area contributed by atoms with E-state index in [0.29, 0.717) is 6.42 Å². The van der Waals surface area contributed by atoms with Crippen molar-refractivity contribution in [3.63, 3.8) is 0 Å². The second-order valence-corrected chi connectivity index (χ2v) is 3.34. The SMILES string of the molecule is CCCC(=O)NCC1=CCNCC1. The van der Waals surface area contributed by atoms with Gasteiger partial charge in [-0.2, -0.15) is 0 Å². The molecule has 1 rings (SSSR count). The van der Waals surface area contributed by atoms with Gasteiger partial charge in [-0.25, -0.2) is 0 Å². The van der Waals surface area contributed by atoms with Crippen molar-refractivity contribution < 1.29 is 4.79 Å². The Bertz CT molecular complexity index is 199. The zero-order chi connectivity index (χ0) is 9.52. The van der Waals surface area contributed by atoms with Crippen molar-refractivity contribution in [3.05, 3.63) is 11.6 Å². The molecule has 13 heavy (non-hydrogen) atoms. The second-order valence-electron chi connectivity index (χ2n) is 3.34. The first-order valence-corrected chi connectivity index (χ1v) is 4.98. The van der Waals surface area contributed by atoms with Crippen LogP contribution in [0.3, 0.4) is 0 Å². The zero-order valence-corrected chi connectivity index (χ0v) is 8.23. The number of hydrogen-bond acceptors (Lipinski definition) is 2. The first-order valence-electron chi connectivity index (χ1n) is 4.98. The molecule has 0 bridgehead atoms. The Morgan fingerprint density at radius 2 is 2.54 bits per heavy atom. The van der Waals surface area contributed by atoms with Gasteiger partial charge in [0.15, 0.2) is 0 Å². The van der Waals surface area contributed by atoms with Gasteiger partial charge in [0.1, 0.15) is 0 Å². The summed E-state index contributed by atoms with van der Waals surface area (Å²) in [4.78, 5) is 11.1. The molecular formula is C10H18N2O. The first kappa shape index (κ1) is 10.3. The highest BCUT2D eigenvalue weighted by molar-refractivity contribution is 5.76. The third-order valence-electron chi connectivity index (χ3n) is 2.15. The van der Waals surface area contributed by atoms with E-state index in [1.54, 1.807) is 0 Å². The Morgan fingerprint density at radius 3 is 3.15 bits per heavy atom. The number of rotatable bonds is 4. The minimum Gasteiger partial charge on any atom is -0.352 e. The van der Waals surface area contributed by atoms with Crippen molar-refractivity contribution >= 4 is 5.91 Å². The number of nitrogens with one attached hydrogen (secondary N) is 2. The first-order chi connectivity index (χ1) is 6.33. The lowest BCUT2D eigenvalue weighted by Gasteiger charge is -2.14. The van der Waals surface area contributed by atoms with Gasteiger partial charge in [0.05, 0.1) is 0 Å². The summed E-state index contributed by atoms with van der Waals surface area (Å²) >= 11 is 0. The molecule has 2 N–H and O–H groups in total. The third-order valence-corrected chi connectivity index (χ3v) is 2.15. The molecule has 0 aromatic rings. The molecule has 0 saturated heterocycles. The van der Waals surface area contributed by atoms with Crippen molar-refractivity contribution in [2.45, 2.75) is 26.2 Å². The van der Waals surface area contributed by atoms with E-state index in [4.69, 9.17) is 0 Å². The number of carbonyl (C=O) groups excluding carboxylic acids is 1. The average molecular weight is 182 g/mol. The van der Waals surface area contributed by atoms with Gasteiger partial charge < -0.3 is 10.6 Å². The second kappa shape index (κ2) is 5.75. The van der Waals surface area contributed by atoms with Crippen LogP contribution in [-0.2, 0) is 4.79 Å². The molecule has 1 aliphatic heterocycles. The summed E-state index contributed by atoms with van der Waals surface area (Å²) in [6.45, 7) is 4.73. The van der Waals surface area contributed by atoms with Crippen LogP contribution in [0.15, 0.2) is 11.6 Å². The molecule has 0 aliphatic carbocycles. The molecule has 0 unspecified atom stereocenters. The topological polar surface area (TPSA) is 41.1 Å². The van der Waals surface area contributed by atoms with E-state index >= 15 is 0 Å². The summed E-state index contributed by atoms with van der Waals surface area (Å²) < 4.78 is 0. The third kappa shape index (κ3) is 4.08. The molecule has 0 spiro atoms. The van der Waals surface area contributed by atoms with Gasteiger partial charge in [-0.05, 0) is 19.4 Å². The van der Waals surface area contributed by atoms with Crippen LogP contribution in [0.4, 0.5) is 0 Å². The van der Waals surface area contributed by atoms with Crippen LogP contribution >= 0.6 is 0 Å². The molecule has 0 fully saturated rings. The van der Waals surface area contributed by atoms with Crippen LogP contribution in [-0.4, -0.2) is 25.5 Å². The molecule has 0 atom stereocenters. The van der Waals surface area contributed by atoms with Crippen LogP contribution in [0, 0.1) is 0 Å². The molecular weight excluding hydrogens is 164 g/mol. The minimum atomic E-state index is 0.168. The highest BCUT2D eigenvalue weighted by Gasteiger charge is 2.04. The smallest absolute Gasteiger partial charge is 0.220 e. The van der Waals surface area contributed by atoms with Crippen LogP contribution < -0.4 is 10.6 Å². The summed E-state index contributed by atoms with van der Waals surface area (Å²) in [5, 5.41) is 6.16. The molecule has 0 radical (unpaired) electrons. The van der Waals surface area contributed by atoms with Gasteiger partial charge >= 0.3 is 0 Å². The Hall–Kier alpha value is -0.830. The van der Waals surface area contributed by atoms with Gasteiger partial charge in [-0.15, -0.1) is 0 Å². The molecule has 0 saturated carbocycles. The zero-order valence-electron chi connectivity index (χ0n) is 8.23. The summed E-state index contributed by atoms with van der Waals surface area (Å²) in [5.41, 5.74) is 1.35. The van der Waals surface area contributed by atoms with E-state index in [9.17, 15) is 4.79 Å². The normalized spacial score (nSPS) is 16.5. The monoisotopic (exact) mass is 182 g/mol. The van der Waals surface area contributed by atoms with Crippen LogP contribution in [0.1, 0.15) is 26.2 Å². The Balaban J connectivity index is 2.17. The predicted molar refractivity (Wildman–Crippen MR) is 53.5 cm³/mol. The number of amides is 1. The van der Waals surface area contributed by atoms with E-state index in [2.05, 4.69) is 16.7 Å².